The number of amides is 1. The van der Waals surface area contributed by atoms with Crippen LogP contribution in [0.25, 0.3) is 0 Å². The van der Waals surface area contributed by atoms with Gasteiger partial charge >= 0.3 is 0 Å². The second kappa shape index (κ2) is 7.61. The number of nitrogens with one attached hydrogen (secondary N) is 2. The molecule has 0 aromatic heterocycles. The van der Waals surface area contributed by atoms with Gasteiger partial charge in [-0.1, -0.05) is 28.1 Å². The minimum absolute atomic E-state index is 0.113. The van der Waals surface area contributed by atoms with Crippen LogP contribution in [0.5, 0.6) is 5.75 Å². The first-order valence-corrected chi connectivity index (χ1v) is 7.48. The molecule has 0 fully saturated rings. The number of aromatic hydroxyl groups is 1. The molecule has 2 aromatic carbocycles. The van der Waals surface area contributed by atoms with E-state index in [2.05, 4.69) is 31.8 Å². The summed E-state index contributed by atoms with van der Waals surface area (Å²) < 4.78 is 0.974. The Balaban J connectivity index is 1.89. The molecule has 114 valence electrons. The highest BCUT2D eigenvalue weighted by atomic mass is 79.9. The lowest BCUT2D eigenvalue weighted by Crippen LogP contribution is -2.34. The standard InChI is InChI=1S/C16H16BrN3O2/c1-11(19-14-8-6-13(17)7-9-14)16(22)20-18-10-12-4-2-3-5-15(12)21/h2-11,19,21H,1H3,(H,20,22)/b18-10-/t11-/m1/s1. The van der Waals surface area contributed by atoms with Crippen molar-refractivity contribution >= 4 is 33.7 Å². The number of hydrogen-bond acceptors (Lipinski definition) is 4. The molecule has 0 bridgehead atoms. The van der Waals surface area contributed by atoms with E-state index in [1.165, 1.54) is 6.21 Å². The van der Waals surface area contributed by atoms with Crippen LogP contribution in [-0.2, 0) is 4.79 Å². The maximum Gasteiger partial charge on any atom is 0.262 e. The quantitative estimate of drug-likeness (QED) is 0.565. The van der Waals surface area contributed by atoms with Crippen LogP contribution in [0.4, 0.5) is 5.69 Å². The van der Waals surface area contributed by atoms with E-state index in [4.69, 9.17) is 0 Å². The molecular weight excluding hydrogens is 346 g/mol. The van der Waals surface area contributed by atoms with Gasteiger partial charge in [-0.3, -0.25) is 4.79 Å². The average Bonchev–Trinajstić information content (AvgIpc) is 2.51. The summed E-state index contributed by atoms with van der Waals surface area (Å²) in [6.07, 6.45) is 1.40. The Hall–Kier alpha value is -2.34. The minimum Gasteiger partial charge on any atom is -0.507 e. The van der Waals surface area contributed by atoms with Crippen LogP contribution in [0.2, 0.25) is 0 Å². The van der Waals surface area contributed by atoms with Gasteiger partial charge in [0.25, 0.3) is 5.91 Å². The topological polar surface area (TPSA) is 73.7 Å². The van der Waals surface area contributed by atoms with E-state index < -0.39 is 6.04 Å². The molecule has 5 nitrogen and oxygen atoms in total. The highest BCUT2D eigenvalue weighted by Crippen LogP contribution is 2.15. The molecule has 0 spiro atoms. The Kier molecular flexibility index (Phi) is 5.55. The second-order valence-electron chi connectivity index (χ2n) is 4.67. The van der Waals surface area contributed by atoms with E-state index >= 15 is 0 Å². The number of rotatable bonds is 5. The smallest absolute Gasteiger partial charge is 0.262 e. The first kappa shape index (κ1) is 16.0. The number of phenols is 1. The van der Waals surface area contributed by atoms with Gasteiger partial charge in [-0.2, -0.15) is 5.10 Å². The van der Waals surface area contributed by atoms with E-state index in [9.17, 15) is 9.90 Å². The molecule has 1 atom stereocenters. The Morgan fingerprint density at radius 2 is 1.91 bits per heavy atom. The van der Waals surface area contributed by atoms with Crippen molar-refractivity contribution in [2.24, 2.45) is 5.10 Å². The van der Waals surface area contributed by atoms with Gasteiger partial charge in [0.05, 0.1) is 6.21 Å². The molecule has 2 aromatic rings. The van der Waals surface area contributed by atoms with E-state index in [0.29, 0.717) is 5.56 Å². The molecule has 0 saturated heterocycles. The summed E-state index contributed by atoms with van der Waals surface area (Å²) in [6, 6.07) is 13.8. The molecule has 1 amide bonds. The molecule has 0 unspecified atom stereocenters. The predicted octanol–water partition coefficient (Wildman–Crippen LogP) is 3.11. The van der Waals surface area contributed by atoms with Crippen LogP contribution in [0.1, 0.15) is 12.5 Å². The van der Waals surface area contributed by atoms with Crippen molar-refractivity contribution in [1.29, 1.82) is 0 Å². The van der Waals surface area contributed by atoms with E-state index in [1.54, 1.807) is 31.2 Å². The number of carbonyl (C=O) groups is 1. The largest absolute Gasteiger partial charge is 0.507 e. The lowest BCUT2D eigenvalue weighted by Gasteiger charge is -2.13. The Labute approximate surface area is 137 Å². The third kappa shape index (κ3) is 4.60. The minimum atomic E-state index is -0.442. The molecule has 6 heteroatoms. The first-order chi connectivity index (χ1) is 10.6. The van der Waals surface area contributed by atoms with Crippen molar-refractivity contribution in [2.45, 2.75) is 13.0 Å². The zero-order chi connectivity index (χ0) is 15.9. The molecule has 2 rings (SSSR count). The maximum atomic E-state index is 11.9. The highest BCUT2D eigenvalue weighted by molar-refractivity contribution is 9.10. The molecule has 0 aliphatic heterocycles. The number of carbonyl (C=O) groups excluding carboxylic acids is 1. The lowest BCUT2D eigenvalue weighted by atomic mass is 10.2. The van der Waals surface area contributed by atoms with Crippen LogP contribution < -0.4 is 10.7 Å². The van der Waals surface area contributed by atoms with Crippen molar-refractivity contribution in [3.8, 4) is 5.75 Å². The monoisotopic (exact) mass is 361 g/mol. The van der Waals surface area contributed by atoms with Crippen molar-refractivity contribution in [2.75, 3.05) is 5.32 Å². The van der Waals surface area contributed by atoms with Crippen molar-refractivity contribution in [3.63, 3.8) is 0 Å². The number of phenolic OH excluding ortho intramolecular Hbond substituents is 1. The zero-order valence-electron chi connectivity index (χ0n) is 12.0. The van der Waals surface area contributed by atoms with Crippen LogP contribution in [-0.4, -0.2) is 23.3 Å². The number of benzene rings is 2. The highest BCUT2D eigenvalue weighted by Gasteiger charge is 2.11. The van der Waals surface area contributed by atoms with E-state index in [1.807, 2.05) is 24.3 Å². The molecular formula is C16H16BrN3O2. The third-order valence-electron chi connectivity index (χ3n) is 2.94. The summed E-state index contributed by atoms with van der Waals surface area (Å²) in [6.45, 7) is 1.74. The van der Waals surface area contributed by atoms with Gasteiger partial charge in [-0.15, -0.1) is 0 Å². The second-order valence-corrected chi connectivity index (χ2v) is 5.58. The number of hydrogen-bond donors (Lipinski definition) is 3. The fourth-order valence-corrected chi connectivity index (χ4v) is 1.98. The summed E-state index contributed by atoms with van der Waals surface area (Å²) in [4.78, 5) is 11.9. The van der Waals surface area contributed by atoms with Crippen LogP contribution in [0.15, 0.2) is 58.1 Å². The molecule has 0 radical (unpaired) electrons. The van der Waals surface area contributed by atoms with Gasteiger partial charge in [0, 0.05) is 15.7 Å². The molecule has 22 heavy (non-hydrogen) atoms. The Morgan fingerprint density at radius 1 is 1.23 bits per heavy atom. The number of anilines is 1. The lowest BCUT2D eigenvalue weighted by molar-refractivity contribution is -0.121. The van der Waals surface area contributed by atoms with Crippen molar-refractivity contribution in [1.82, 2.24) is 5.43 Å². The number of hydrazone groups is 1. The Bertz CT molecular complexity index is 671. The average molecular weight is 362 g/mol. The summed E-state index contributed by atoms with van der Waals surface area (Å²) in [7, 11) is 0. The maximum absolute atomic E-state index is 11.9. The fourth-order valence-electron chi connectivity index (χ4n) is 1.72. The summed E-state index contributed by atoms with van der Waals surface area (Å²) in [5.41, 5.74) is 3.82. The molecule has 0 saturated carbocycles. The van der Waals surface area contributed by atoms with Crippen molar-refractivity contribution in [3.05, 3.63) is 58.6 Å². The zero-order valence-corrected chi connectivity index (χ0v) is 13.5. The van der Waals surface area contributed by atoms with Crippen molar-refractivity contribution < 1.29 is 9.90 Å². The van der Waals surface area contributed by atoms with E-state index in [0.717, 1.165) is 10.2 Å². The summed E-state index contributed by atoms with van der Waals surface area (Å²) in [5, 5.41) is 16.5. The summed E-state index contributed by atoms with van der Waals surface area (Å²) >= 11 is 3.36. The predicted molar refractivity (Wildman–Crippen MR) is 91.1 cm³/mol. The number of para-hydroxylation sites is 1. The first-order valence-electron chi connectivity index (χ1n) is 6.69. The van der Waals surface area contributed by atoms with Gasteiger partial charge in [-0.25, -0.2) is 5.43 Å². The van der Waals surface area contributed by atoms with Gasteiger partial charge in [0.2, 0.25) is 0 Å². The third-order valence-corrected chi connectivity index (χ3v) is 3.46. The summed E-state index contributed by atoms with van der Waals surface area (Å²) in [5.74, 6) is -0.156. The van der Waals surface area contributed by atoms with Gasteiger partial charge in [0.15, 0.2) is 0 Å². The number of nitrogens with zero attached hydrogens (tertiary/aromatic N) is 1. The van der Waals surface area contributed by atoms with Gasteiger partial charge in [0.1, 0.15) is 11.8 Å². The molecule has 0 aliphatic rings. The Morgan fingerprint density at radius 3 is 2.59 bits per heavy atom. The molecule has 3 N–H and O–H groups in total. The van der Waals surface area contributed by atoms with Crippen LogP contribution in [0, 0.1) is 0 Å². The van der Waals surface area contributed by atoms with Gasteiger partial charge < -0.3 is 10.4 Å². The van der Waals surface area contributed by atoms with Crippen LogP contribution >= 0.6 is 15.9 Å². The van der Waals surface area contributed by atoms with Crippen LogP contribution in [0.3, 0.4) is 0 Å². The molecule has 0 heterocycles. The number of halogens is 1. The normalized spacial score (nSPS) is 12.1. The van der Waals surface area contributed by atoms with Gasteiger partial charge in [-0.05, 0) is 43.3 Å². The van der Waals surface area contributed by atoms with E-state index in [-0.39, 0.29) is 11.7 Å². The molecule has 0 aliphatic carbocycles. The SMILES string of the molecule is C[C@@H](Nc1ccc(Br)cc1)C(=O)N/N=C\c1ccccc1O. The fraction of sp³-hybridized carbons (Fsp3) is 0.125.